The number of aryl methyl sites for hydroxylation is 2. The predicted molar refractivity (Wildman–Crippen MR) is 175 cm³/mol. The van der Waals surface area contributed by atoms with E-state index in [4.69, 9.17) is 4.74 Å². The molecule has 2 heterocycles. The molecular formula is C35H35N5O5. The van der Waals surface area contributed by atoms with Gasteiger partial charge in [-0.15, -0.1) is 0 Å². The van der Waals surface area contributed by atoms with Gasteiger partial charge in [-0.1, -0.05) is 18.2 Å². The molecule has 0 aromatic heterocycles. The topological polar surface area (TPSA) is 129 Å². The lowest BCUT2D eigenvalue weighted by atomic mass is 9.73. The molecule has 10 nitrogen and oxygen atoms in total. The first-order valence-corrected chi connectivity index (χ1v) is 15.0. The van der Waals surface area contributed by atoms with Gasteiger partial charge in [0.05, 0.1) is 11.5 Å². The Kier molecular flexibility index (Phi) is 7.66. The fraction of sp³-hybridized carbons (Fsp3) is 0.257. The normalized spacial score (nSPS) is 14.2. The summed E-state index contributed by atoms with van der Waals surface area (Å²) in [4.78, 5) is 31.5. The van der Waals surface area contributed by atoms with Gasteiger partial charge in [-0.25, -0.2) is 0 Å². The van der Waals surface area contributed by atoms with E-state index in [-0.39, 0.29) is 36.0 Å². The number of nitro benzene ring substituents is 1. The van der Waals surface area contributed by atoms with Crippen LogP contribution in [0, 0.1) is 24.0 Å². The summed E-state index contributed by atoms with van der Waals surface area (Å²) in [5, 5.41) is 28.4. The molecule has 0 unspecified atom stereocenters. The van der Waals surface area contributed by atoms with Crippen LogP contribution in [0.3, 0.4) is 0 Å². The summed E-state index contributed by atoms with van der Waals surface area (Å²) < 4.78 is 6.64. The lowest BCUT2D eigenvalue weighted by molar-refractivity contribution is -0.384. The second-order valence-electron chi connectivity index (χ2n) is 11.2. The minimum atomic E-state index is -0.995. The molecule has 0 bridgehead atoms. The zero-order valence-electron chi connectivity index (χ0n) is 25.7. The number of nitrogens with zero attached hydrogens (tertiary/aromatic N) is 3. The maximum atomic E-state index is 14.3. The second kappa shape index (κ2) is 11.6. The molecule has 2 aliphatic rings. The third kappa shape index (κ3) is 4.82. The van der Waals surface area contributed by atoms with Gasteiger partial charge in [0.25, 0.3) is 11.6 Å². The predicted octanol–water partition coefficient (Wildman–Crippen LogP) is 6.75. The Hall–Kier alpha value is -5.38. The van der Waals surface area contributed by atoms with Crippen LogP contribution in [0.25, 0.3) is 0 Å². The van der Waals surface area contributed by atoms with E-state index in [1.54, 1.807) is 0 Å². The van der Waals surface area contributed by atoms with Crippen LogP contribution in [0.4, 0.5) is 17.1 Å². The molecule has 0 fully saturated rings. The summed E-state index contributed by atoms with van der Waals surface area (Å²) in [7, 11) is 0. The molecule has 1 spiro atoms. The van der Waals surface area contributed by atoms with Crippen LogP contribution in [-0.4, -0.2) is 53.2 Å². The summed E-state index contributed by atoms with van der Waals surface area (Å²) in [5.41, 5.74) is 6.27. The largest absolute Gasteiger partial charge is 0.507 e. The lowest BCUT2D eigenvalue weighted by Gasteiger charge is -2.44. The first kappa shape index (κ1) is 29.7. The standard InChI is InChI=1S/C35H35N5O5/c1-5-37-29-18-32-27(15-21(29)3)35(28-16-22(4)30(38-6-2)19-33(28)45-32)26-10-8-7-9-25(26)34(42)39(35)14-13-36-20-23-17-24(40(43)44)11-12-31(23)41/h7-12,15-20,37-38,41H,5-6,13-14H2,1-4H3. The lowest BCUT2D eigenvalue weighted by Crippen LogP contribution is -2.48. The monoisotopic (exact) mass is 605 g/mol. The number of benzene rings is 4. The Labute approximate surface area is 261 Å². The summed E-state index contributed by atoms with van der Waals surface area (Å²) >= 11 is 0. The van der Waals surface area contributed by atoms with Crippen molar-refractivity contribution in [2.45, 2.75) is 33.2 Å². The van der Waals surface area contributed by atoms with Crippen molar-refractivity contribution in [3.8, 4) is 17.2 Å². The molecule has 10 heteroatoms. The number of phenolic OH excluding ortho intramolecular Hbond substituents is 1. The van der Waals surface area contributed by atoms with E-state index in [9.17, 15) is 20.0 Å². The van der Waals surface area contributed by atoms with E-state index in [0.29, 0.717) is 17.1 Å². The molecule has 4 aromatic carbocycles. The molecule has 0 saturated heterocycles. The van der Waals surface area contributed by atoms with Crippen LogP contribution in [-0.2, 0) is 5.54 Å². The van der Waals surface area contributed by atoms with Crippen molar-refractivity contribution in [2.24, 2.45) is 4.99 Å². The number of hydrogen-bond acceptors (Lipinski definition) is 8. The molecule has 3 N–H and O–H groups in total. The quantitative estimate of drug-likeness (QED) is 0.109. The number of aliphatic imine (C=N–C) groups is 1. The summed E-state index contributed by atoms with van der Waals surface area (Å²) in [6.45, 7) is 10.1. The number of nitro groups is 1. The van der Waals surface area contributed by atoms with Crippen LogP contribution in [0.1, 0.15) is 57.6 Å². The van der Waals surface area contributed by atoms with Gasteiger partial charge < -0.3 is 25.4 Å². The van der Waals surface area contributed by atoms with Crippen LogP contribution in [0.2, 0.25) is 0 Å². The zero-order valence-corrected chi connectivity index (χ0v) is 25.7. The third-order valence-corrected chi connectivity index (χ3v) is 8.49. The fourth-order valence-corrected chi connectivity index (χ4v) is 6.49. The summed E-state index contributed by atoms with van der Waals surface area (Å²) in [6, 6.07) is 19.7. The van der Waals surface area contributed by atoms with Crippen LogP contribution >= 0.6 is 0 Å². The number of carbonyl (C=O) groups is 1. The van der Waals surface area contributed by atoms with Crippen molar-refractivity contribution < 1.29 is 19.6 Å². The summed E-state index contributed by atoms with van der Waals surface area (Å²) in [5.74, 6) is 1.08. The van der Waals surface area contributed by atoms with Crippen molar-refractivity contribution in [1.82, 2.24) is 4.90 Å². The maximum absolute atomic E-state index is 14.3. The highest BCUT2D eigenvalue weighted by atomic mass is 16.6. The summed E-state index contributed by atoms with van der Waals surface area (Å²) in [6.07, 6.45) is 1.41. The van der Waals surface area contributed by atoms with E-state index in [1.807, 2.05) is 69.0 Å². The number of nitrogens with one attached hydrogen (secondary N) is 2. The number of fused-ring (bicyclic) bond motifs is 6. The van der Waals surface area contributed by atoms with Gasteiger partial charge in [0.1, 0.15) is 22.8 Å². The Morgan fingerprint density at radius 1 is 0.933 bits per heavy atom. The molecule has 0 aliphatic carbocycles. The van der Waals surface area contributed by atoms with Gasteiger partial charge >= 0.3 is 0 Å². The molecule has 0 saturated carbocycles. The van der Waals surface area contributed by atoms with Crippen LogP contribution < -0.4 is 15.4 Å². The first-order valence-electron chi connectivity index (χ1n) is 15.0. The SMILES string of the molecule is CCNc1cc2c(cc1C)C1(c3cc(C)c(NCC)cc3O2)c2ccccc2C(=O)N1CCN=Cc1cc([N+](=O)[O-])ccc1O. The molecule has 230 valence electrons. The van der Waals surface area contributed by atoms with Gasteiger partial charge in [-0.05, 0) is 68.7 Å². The molecule has 6 rings (SSSR count). The number of anilines is 2. The van der Waals surface area contributed by atoms with Gasteiger partial charge in [-0.3, -0.25) is 19.9 Å². The van der Waals surface area contributed by atoms with Crippen molar-refractivity contribution in [1.29, 1.82) is 0 Å². The molecular weight excluding hydrogens is 570 g/mol. The number of carbonyl (C=O) groups excluding carboxylic acids is 1. The van der Waals surface area contributed by atoms with E-state index in [0.717, 1.165) is 52.3 Å². The van der Waals surface area contributed by atoms with Gasteiger partial charge in [0.2, 0.25) is 0 Å². The minimum Gasteiger partial charge on any atom is -0.507 e. The number of non-ortho nitro benzene ring substituents is 1. The number of ether oxygens (including phenoxy) is 1. The number of aromatic hydroxyl groups is 1. The molecule has 45 heavy (non-hydrogen) atoms. The molecule has 1 amide bonds. The van der Waals surface area contributed by atoms with E-state index < -0.39 is 10.5 Å². The Morgan fingerprint density at radius 2 is 1.56 bits per heavy atom. The zero-order chi connectivity index (χ0) is 31.9. The fourth-order valence-electron chi connectivity index (χ4n) is 6.49. The molecule has 0 radical (unpaired) electrons. The number of rotatable bonds is 9. The average molecular weight is 606 g/mol. The van der Waals surface area contributed by atoms with Crippen LogP contribution in [0.15, 0.2) is 71.7 Å². The van der Waals surface area contributed by atoms with Crippen molar-refractivity contribution in [2.75, 3.05) is 36.8 Å². The second-order valence-corrected chi connectivity index (χ2v) is 11.2. The Bertz CT molecular complexity index is 1810. The van der Waals surface area contributed by atoms with Crippen molar-refractivity contribution >= 4 is 29.2 Å². The van der Waals surface area contributed by atoms with Gasteiger partial charge in [0, 0.05) is 83.7 Å². The van der Waals surface area contributed by atoms with Crippen molar-refractivity contribution in [3.05, 3.63) is 116 Å². The highest BCUT2D eigenvalue weighted by Gasteiger charge is 2.56. The van der Waals surface area contributed by atoms with E-state index in [2.05, 4.69) is 27.8 Å². The van der Waals surface area contributed by atoms with Gasteiger partial charge in [-0.2, -0.15) is 0 Å². The van der Waals surface area contributed by atoms with Crippen LogP contribution in [0.5, 0.6) is 17.2 Å². The maximum Gasteiger partial charge on any atom is 0.270 e. The molecule has 4 aromatic rings. The molecule has 0 atom stereocenters. The molecule has 2 aliphatic heterocycles. The average Bonchev–Trinajstić information content (AvgIpc) is 3.26. The third-order valence-electron chi connectivity index (χ3n) is 8.49. The van der Waals surface area contributed by atoms with E-state index in [1.165, 1.54) is 24.4 Å². The minimum absolute atomic E-state index is 0.114. The van der Waals surface area contributed by atoms with Crippen molar-refractivity contribution in [3.63, 3.8) is 0 Å². The number of hydrogen-bond donors (Lipinski definition) is 3. The number of amides is 1. The van der Waals surface area contributed by atoms with Gasteiger partial charge in [0.15, 0.2) is 0 Å². The first-order chi connectivity index (χ1) is 21.7. The Morgan fingerprint density at radius 3 is 2.16 bits per heavy atom. The highest BCUT2D eigenvalue weighted by molar-refractivity contribution is 6.02. The highest BCUT2D eigenvalue weighted by Crippen LogP contribution is 2.58. The Balaban J connectivity index is 1.52. The number of phenols is 1. The smallest absolute Gasteiger partial charge is 0.270 e. The van der Waals surface area contributed by atoms with E-state index >= 15 is 0 Å².